The SMILES string of the molecule is O=C1C=C(N2CCCCC2)c2cnccc2C1=O. The average Bonchev–Trinajstić information content (AvgIpc) is 2.44. The van der Waals surface area contributed by atoms with E-state index in [2.05, 4.69) is 9.88 Å². The smallest absolute Gasteiger partial charge is 0.233 e. The third kappa shape index (κ3) is 1.74. The molecule has 4 nitrogen and oxygen atoms in total. The number of rotatable bonds is 1. The highest BCUT2D eigenvalue weighted by molar-refractivity contribution is 6.50. The van der Waals surface area contributed by atoms with Crippen LogP contribution in [0, 0.1) is 0 Å². The number of carbonyl (C=O) groups excluding carboxylic acids is 2. The first-order chi connectivity index (χ1) is 8.77. The van der Waals surface area contributed by atoms with Crippen molar-refractivity contribution in [1.29, 1.82) is 0 Å². The summed E-state index contributed by atoms with van der Waals surface area (Å²) in [6.07, 6.45) is 8.21. The molecule has 92 valence electrons. The Labute approximate surface area is 105 Å². The molecular weight excluding hydrogens is 228 g/mol. The van der Waals surface area contributed by atoms with Crippen molar-refractivity contribution < 1.29 is 9.59 Å². The second-order valence-electron chi connectivity index (χ2n) is 4.69. The molecule has 0 spiro atoms. The van der Waals surface area contributed by atoms with E-state index in [1.165, 1.54) is 12.5 Å². The van der Waals surface area contributed by atoms with Crippen molar-refractivity contribution >= 4 is 17.3 Å². The maximum absolute atomic E-state index is 11.8. The molecule has 0 N–H and O–H groups in total. The van der Waals surface area contributed by atoms with Crippen LogP contribution in [0.3, 0.4) is 0 Å². The quantitative estimate of drug-likeness (QED) is 0.703. The normalized spacial score (nSPS) is 19.6. The van der Waals surface area contributed by atoms with Gasteiger partial charge in [0.2, 0.25) is 11.6 Å². The summed E-state index contributed by atoms with van der Waals surface area (Å²) < 4.78 is 0. The number of carbonyl (C=O) groups is 2. The van der Waals surface area contributed by atoms with Gasteiger partial charge in [-0.15, -0.1) is 0 Å². The Hall–Kier alpha value is -1.97. The third-order valence-electron chi connectivity index (χ3n) is 3.53. The second kappa shape index (κ2) is 4.37. The van der Waals surface area contributed by atoms with Gasteiger partial charge in [-0.05, 0) is 25.3 Å². The maximum atomic E-state index is 11.8. The van der Waals surface area contributed by atoms with Crippen molar-refractivity contribution in [3.63, 3.8) is 0 Å². The van der Waals surface area contributed by atoms with Gasteiger partial charge in [-0.3, -0.25) is 14.6 Å². The average molecular weight is 242 g/mol. The number of likely N-dealkylation sites (tertiary alicyclic amines) is 1. The van der Waals surface area contributed by atoms with Gasteiger partial charge in [0.1, 0.15) is 0 Å². The Morgan fingerprint density at radius 1 is 1.06 bits per heavy atom. The van der Waals surface area contributed by atoms with E-state index < -0.39 is 11.6 Å². The van der Waals surface area contributed by atoms with Crippen LogP contribution in [0.5, 0.6) is 0 Å². The molecule has 1 aliphatic carbocycles. The molecule has 0 radical (unpaired) electrons. The summed E-state index contributed by atoms with van der Waals surface area (Å²) in [6.45, 7) is 1.89. The van der Waals surface area contributed by atoms with Gasteiger partial charge >= 0.3 is 0 Å². The molecule has 4 heteroatoms. The molecule has 2 aliphatic rings. The molecule has 18 heavy (non-hydrogen) atoms. The Morgan fingerprint density at radius 2 is 1.83 bits per heavy atom. The molecule has 2 heterocycles. The zero-order valence-electron chi connectivity index (χ0n) is 10.1. The number of nitrogens with zero attached hydrogens (tertiary/aromatic N) is 2. The first kappa shape index (κ1) is 11.1. The highest BCUT2D eigenvalue weighted by Crippen LogP contribution is 2.29. The highest BCUT2D eigenvalue weighted by Gasteiger charge is 2.28. The van der Waals surface area contributed by atoms with Crippen LogP contribution < -0.4 is 0 Å². The van der Waals surface area contributed by atoms with E-state index in [0.29, 0.717) is 5.56 Å². The van der Waals surface area contributed by atoms with Crippen molar-refractivity contribution in [1.82, 2.24) is 9.88 Å². The molecule has 1 aromatic heterocycles. The Bertz CT molecular complexity index is 542. The summed E-state index contributed by atoms with van der Waals surface area (Å²) in [4.78, 5) is 29.8. The fourth-order valence-corrected chi connectivity index (χ4v) is 2.59. The number of Topliss-reactive ketones (excluding diaryl/α,β-unsaturated/α-hetero) is 1. The molecule has 3 rings (SSSR count). The molecule has 0 aromatic carbocycles. The van der Waals surface area contributed by atoms with Crippen molar-refractivity contribution in [2.24, 2.45) is 0 Å². The Morgan fingerprint density at radius 3 is 2.61 bits per heavy atom. The van der Waals surface area contributed by atoms with Crippen LogP contribution in [0.2, 0.25) is 0 Å². The molecular formula is C14H14N2O2. The molecule has 0 bridgehead atoms. The fourth-order valence-electron chi connectivity index (χ4n) is 2.59. The molecule has 0 saturated carbocycles. The lowest BCUT2D eigenvalue weighted by Crippen LogP contribution is -2.32. The number of hydrogen-bond acceptors (Lipinski definition) is 4. The number of piperidine rings is 1. The van der Waals surface area contributed by atoms with Gasteiger partial charge in [0.15, 0.2) is 0 Å². The van der Waals surface area contributed by atoms with E-state index in [0.717, 1.165) is 37.2 Å². The van der Waals surface area contributed by atoms with Crippen molar-refractivity contribution in [3.8, 4) is 0 Å². The van der Waals surface area contributed by atoms with Gasteiger partial charge in [-0.2, -0.15) is 0 Å². The number of hydrogen-bond donors (Lipinski definition) is 0. The molecule has 1 fully saturated rings. The van der Waals surface area contributed by atoms with Crippen LogP contribution in [0.25, 0.3) is 5.70 Å². The second-order valence-corrected chi connectivity index (χ2v) is 4.69. The van der Waals surface area contributed by atoms with E-state index >= 15 is 0 Å². The Kier molecular flexibility index (Phi) is 2.70. The number of allylic oxidation sites excluding steroid dienone is 1. The largest absolute Gasteiger partial charge is 0.371 e. The van der Waals surface area contributed by atoms with Crippen LogP contribution in [0.15, 0.2) is 24.5 Å². The van der Waals surface area contributed by atoms with Gasteiger partial charge in [-0.25, -0.2) is 0 Å². The van der Waals surface area contributed by atoms with E-state index in [1.54, 1.807) is 18.5 Å². The van der Waals surface area contributed by atoms with Gasteiger partial charge in [0.05, 0.1) is 5.70 Å². The lowest BCUT2D eigenvalue weighted by atomic mass is 9.93. The lowest BCUT2D eigenvalue weighted by Gasteiger charge is -2.32. The lowest BCUT2D eigenvalue weighted by molar-refractivity contribution is -0.111. The first-order valence-corrected chi connectivity index (χ1v) is 6.27. The van der Waals surface area contributed by atoms with Gasteiger partial charge in [0, 0.05) is 42.7 Å². The van der Waals surface area contributed by atoms with Gasteiger partial charge in [0.25, 0.3) is 0 Å². The van der Waals surface area contributed by atoms with Crippen LogP contribution >= 0.6 is 0 Å². The minimum absolute atomic E-state index is 0.422. The number of ketones is 2. The van der Waals surface area contributed by atoms with Crippen molar-refractivity contribution in [3.05, 3.63) is 35.7 Å². The van der Waals surface area contributed by atoms with Crippen LogP contribution in [-0.2, 0) is 4.79 Å². The topological polar surface area (TPSA) is 50.3 Å². The third-order valence-corrected chi connectivity index (χ3v) is 3.53. The molecule has 0 atom stereocenters. The van der Waals surface area contributed by atoms with Gasteiger partial charge < -0.3 is 4.90 Å². The summed E-state index contributed by atoms with van der Waals surface area (Å²) in [5.41, 5.74) is 2.14. The minimum Gasteiger partial charge on any atom is -0.371 e. The van der Waals surface area contributed by atoms with E-state index in [-0.39, 0.29) is 0 Å². The molecule has 1 aliphatic heterocycles. The predicted octanol–water partition coefficient (Wildman–Crippen LogP) is 1.67. The summed E-state index contributed by atoms with van der Waals surface area (Å²) in [5, 5.41) is 0. The molecule has 1 aromatic rings. The number of fused-ring (bicyclic) bond motifs is 1. The summed E-state index contributed by atoms with van der Waals surface area (Å²) in [5.74, 6) is -0.845. The molecule has 1 saturated heterocycles. The summed E-state index contributed by atoms with van der Waals surface area (Å²) in [7, 11) is 0. The standard InChI is InChI=1S/C14H14N2O2/c17-13-8-12(16-6-2-1-3-7-16)11-9-15-5-4-10(11)14(13)18/h4-5,8-9H,1-3,6-7H2. The van der Waals surface area contributed by atoms with E-state index in [4.69, 9.17) is 0 Å². The first-order valence-electron chi connectivity index (χ1n) is 6.27. The zero-order valence-corrected chi connectivity index (χ0v) is 10.1. The van der Waals surface area contributed by atoms with E-state index in [1.807, 2.05) is 0 Å². The van der Waals surface area contributed by atoms with E-state index in [9.17, 15) is 9.59 Å². The summed E-state index contributed by atoms with van der Waals surface area (Å²) in [6, 6.07) is 1.63. The minimum atomic E-state index is -0.423. The Balaban J connectivity index is 2.05. The highest BCUT2D eigenvalue weighted by atomic mass is 16.2. The van der Waals surface area contributed by atoms with Gasteiger partial charge in [-0.1, -0.05) is 0 Å². The van der Waals surface area contributed by atoms with Crippen LogP contribution in [0.4, 0.5) is 0 Å². The summed E-state index contributed by atoms with van der Waals surface area (Å²) >= 11 is 0. The van der Waals surface area contributed by atoms with Crippen molar-refractivity contribution in [2.45, 2.75) is 19.3 Å². The monoisotopic (exact) mass is 242 g/mol. The predicted molar refractivity (Wildman–Crippen MR) is 67.0 cm³/mol. The zero-order chi connectivity index (χ0) is 12.5. The maximum Gasteiger partial charge on any atom is 0.233 e. The van der Waals surface area contributed by atoms with Crippen LogP contribution in [-0.4, -0.2) is 34.5 Å². The number of aromatic nitrogens is 1. The number of pyridine rings is 1. The molecule has 0 unspecified atom stereocenters. The van der Waals surface area contributed by atoms with Crippen molar-refractivity contribution in [2.75, 3.05) is 13.1 Å². The van der Waals surface area contributed by atoms with Crippen LogP contribution in [0.1, 0.15) is 35.2 Å². The fraction of sp³-hybridized carbons (Fsp3) is 0.357. The molecule has 0 amide bonds.